The second-order valence-corrected chi connectivity index (χ2v) is 12.4. The van der Waals surface area contributed by atoms with Crippen molar-refractivity contribution < 1.29 is 49.3 Å². The number of carbonyl (C=O) groups excluding carboxylic acids is 2. The van der Waals surface area contributed by atoms with Crippen LogP contribution in [0.5, 0.6) is 0 Å². The fourth-order valence-corrected chi connectivity index (χ4v) is 5.66. The minimum Gasteiger partial charge on any atom is -0.479 e. The Labute approximate surface area is 279 Å². The molecule has 8 N–H and O–H groups in total. The van der Waals surface area contributed by atoms with E-state index in [0.717, 1.165) is 54.2 Å². The Kier molecular flexibility index (Phi) is 13.6. The first kappa shape index (κ1) is 39.2. The summed E-state index contributed by atoms with van der Waals surface area (Å²) in [4.78, 5) is 54.1. The summed E-state index contributed by atoms with van der Waals surface area (Å²) in [5, 5.41) is 40.3. The van der Waals surface area contributed by atoms with Crippen molar-refractivity contribution in [2.45, 2.75) is 56.3 Å². The molecule has 256 valence electrons. The number of hydrogen-bond donors (Lipinski definition) is 5. The van der Waals surface area contributed by atoms with Gasteiger partial charge in [0.15, 0.2) is 0 Å². The first-order valence-electron chi connectivity index (χ1n) is 14.5. The lowest BCUT2D eigenvalue weighted by Gasteiger charge is -2.34. The zero-order chi connectivity index (χ0) is 34.9. The van der Waals surface area contributed by atoms with Crippen molar-refractivity contribution in [2.24, 2.45) is 0 Å². The van der Waals surface area contributed by atoms with Gasteiger partial charge in [0.05, 0.1) is 17.1 Å². The number of carbonyl (C=O) groups is 4. The fourth-order valence-electron chi connectivity index (χ4n) is 4.59. The number of benzene rings is 3. The van der Waals surface area contributed by atoms with Crippen LogP contribution >= 0.6 is 0 Å². The molecule has 0 saturated carbocycles. The molecular weight excluding hydrogens is 642 g/mol. The lowest BCUT2D eigenvalue weighted by Crippen LogP contribution is -2.71. The van der Waals surface area contributed by atoms with Crippen LogP contribution in [0.1, 0.15) is 50.9 Å². The molecule has 4 rings (SSSR count). The SMILES string of the molecule is CCCn1cncc1CCS(=O)c1ccc(N)cc1.Cc1ccc(C(=O)[C@@](O)(C(=O)O)[C@](O)(C(=O)O)C(=O)c2ccc(C)cc2)cc1.O. The Morgan fingerprint density at radius 2 is 1.23 bits per heavy atom. The third kappa shape index (κ3) is 8.46. The Morgan fingerprint density at radius 1 is 0.792 bits per heavy atom. The summed E-state index contributed by atoms with van der Waals surface area (Å²) in [6.45, 7) is 6.47. The maximum atomic E-state index is 12.8. The number of rotatable bonds is 13. The van der Waals surface area contributed by atoms with Gasteiger partial charge in [0.2, 0.25) is 11.6 Å². The van der Waals surface area contributed by atoms with E-state index in [9.17, 15) is 43.8 Å². The zero-order valence-electron chi connectivity index (χ0n) is 26.6. The van der Waals surface area contributed by atoms with Gasteiger partial charge >= 0.3 is 11.9 Å². The number of nitrogens with zero attached hydrogens (tertiary/aromatic N) is 2. The molecule has 0 fully saturated rings. The van der Waals surface area contributed by atoms with Crippen molar-refractivity contribution in [2.75, 3.05) is 11.5 Å². The molecule has 1 aromatic heterocycles. The average Bonchev–Trinajstić information content (AvgIpc) is 3.50. The number of aryl methyl sites for hydroxylation is 4. The molecule has 0 aliphatic heterocycles. The minimum atomic E-state index is -3.96. The predicted molar refractivity (Wildman–Crippen MR) is 178 cm³/mol. The molecule has 14 heteroatoms. The van der Waals surface area contributed by atoms with E-state index < -0.39 is 45.5 Å². The fraction of sp³-hybridized carbons (Fsp3) is 0.265. The number of imidazole rings is 1. The van der Waals surface area contributed by atoms with Crippen LogP contribution in [0.3, 0.4) is 0 Å². The molecule has 1 unspecified atom stereocenters. The van der Waals surface area contributed by atoms with E-state index >= 15 is 0 Å². The van der Waals surface area contributed by atoms with E-state index in [0.29, 0.717) is 22.6 Å². The molecule has 0 saturated heterocycles. The standard InChI is InChI=1S/C20H18O8.C14H19N3OS.H2O/c1-11-3-7-13(8-4-11)15(21)19(27,17(23)24)20(28,18(25)26)16(22)14-9-5-12(2)6-10-14;1-2-8-17-11-16-10-13(17)7-9-19(18)14-5-3-12(15)4-6-14;/h3-10,27-28H,1-2H3,(H,23,24)(H,25,26);3-6,10-11H,2,7-9,15H2,1H3;1H2/t19-,20-;;/m1../s1. The van der Waals surface area contributed by atoms with Crippen LogP contribution in [-0.2, 0) is 33.4 Å². The van der Waals surface area contributed by atoms with Crippen LogP contribution in [0.2, 0.25) is 0 Å². The number of carboxylic acids is 2. The van der Waals surface area contributed by atoms with Crippen LogP contribution in [0.4, 0.5) is 5.69 Å². The van der Waals surface area contributed by atoms with Crippen molar-refractivity contribution in [3.63, 3.8) is 0 Å². The number of carboxylic acid groups (broad SMARTS) is 2. The van der Waals surface area contributed by atoms with Crippen molar-refractivity contribution in [1.82, 2.24) is 9.55 Å². The normalized spacial score (nSPS) is 13.8. The quantitative estimate of drug-likeness (QED) is 0.0779. The van der Waals surface area contributed by atoms with E-state index in [1.807, 2.05) is 24.7 Å². The molecule has 3 aromatic carbocycles. The highest BCUT2D eigenvalue weighted by atomic mass is 32.2. The molecular formula is C34H39N3O10S. The van der Waals surface area contributed by atoms with Gasteiger partial charge in [-0.3, -0.25) is 13.8 Å². The molecule has 3 atom stereocenters. The third-order valence-corrected chi connectivity index (χ3v) is 8.75. The third-order valence-electron chi connectivity index (χ3n) is 7.38. The summed E-state index contributed by atoms with van der Waals surface area (Å²) in [5.74, 6) is -7.40. The first-order valence-corrected chi connectivity index (χ1v) is 15.9. The summed E-state index contributed by atoms with van der Waals surface area (Å²) in [6, 6.07) is 17.6. The smallest absolute Gasteiger partial charge is 0.348 e. The number of aromatic nitrogens is 2. The Hall–Kier alpha value is -5.02. The average molecular weight is 682 g/mol. The van der Waals surface area contributed by atoms with E-state index in [2.05, 4.69) is 16.5 Å². The van der Waals surface area contributed by atoms with Gasteiger partial charge in [0.1, 0.15) is 0 Å². The second kappa shape index (κ2) is 16.7. The van der Waals surface area contributed by atoms with Gasteiger partial charge in [-0.1, -0.05) is 66.6 Å². The summed E-state index contributed by atoms with van der Waals surface area (Å²) >= 11 is 0. The van der Waals surface area contributed by atoms with Gasteiger partial charge in [-0.2, -0.15) is 0 Å². The summed E-state index contributed by atoms with van der Waals surface area (Å²) < 4.78 is 14.3. The van der Waals surface area contributed by atoms with Gasteiger partial charge in [0, 0.05) is 52.3 Å². The van der Waals surface area contributed by atoms with E-state index in [4.69, 9.17) is 5.73 Å². The van der Waals surface area contributed by atoms with Crippen molar-refractivity contribution in [3.8, 4) is 0 Å². The summed E-state index contributed by atoms with van der Waals surface area (Å²) in [5.41, 5.74) is 0.187. The number of ketones is 2. The van der Waals surface area contributed by atoms with Crippen LogP contribution in [-0.4, -0.2) is 80.1 Å². The Bertz CT molecular complexity index is 1680. The number of Topliss-reactive ketones (excluding diaryl/α,β-unsaturated/α-hetero) is 2. The monoisotopic (exact) mass is 681 g/mol. The second-order valence-electron chi connectivity index (χ2n) is 10.9. The van der Waals surface area contributed by atoms with Gasteiger partial charge in [0.25, 0.3) is 11.2 Å². The summed E-state index contributed by atoms with van der Waals surface area (Å²) in [7, 11) is -0.985. The maximum absolute atomic E-state index is 12.8. The number of anilines is 1. The molecule has 48 heavy (non-hydrogen) atoms. The molecule has 1 heterocycles. The molecule has 13 nitrogen and oxygen atoms in total. The molecule has 0 spiro atoms. The minimum absolute atomic E-state index is 0. The number of nitrogen functional groups attached to an aromatic ring is 1. The van der Waals surface area contributed by atoms with Gasteiger partial charge < -0.3 is 36.2 Å². The van der Waals surface area contributed by atoms with Gasteiger partial charge in [-0.15, -0.1) is 0 Å². The number of nitrogens with two attached hydrogens (primary N) is 1. The molecule has 0 radical (unpaired) electrons. The Balaban J connectivity index is 0.000000349. The van der Waals surface area contributed by atoms with Crippen LogP contribution in [0.15, 0.2) is 90.2 Å². The highest BCUT2D eigenvalue weighted by Crippen LogP contribution is 2.32. The van der Waals surface area contributed by atoms with Gasteiger partial charge in [-0.05, 0) is 44.5 Å². The first-order chi connectivity index (χ1) is 22.2. The van der Waals surface area contributed by atoms with E-state index in [1.165, 1.54) is 24.3 Å². The molecule has 0 bridgehead atoms. The predicted octanol–water partition coefficient (Wildman–Crippen LogP) is 2.40. The van der Waals surface area contributed by atoms with Crippen LogP contribution in [0, 0.1) is 13.8 Å². The lowest BCUT2D eigenvalue weighted by molar-refractivity contribution is -0.187. The molecule has 4 aromatic rings. The van der Waals surface area contributed by atoms with Crippen LogP contribution in [0.25, 0.3) is 0 Å². The van der Waals surface area contributed by atoms with Crippen LogP contribution < -0.4 is 5.73 Å². The summed E-state index contributed by atoms with van der Waals surface area (Å²) in [6.07, 6.45) is 5.54. The molecule has 0 aliphatic rings. The molecule has 0 amide bonds. The highest BCUT2D eigenvalue weighted by Gasteiger charge is 2.69. The number of hydrogen-bond acceptors (Lipinski definition) is 9. The highest BCUT2D eigenvalue weighted by molar-refractivity contribution is 7.85. The van der Waals surface area contributed by atoms with Crippen molar-refractivity contribution in [1.29, 1.82) is 0 Å². The maximum Gasteiger partial charge on any atom is 0.348 e. The largest absolute Gasteiger partial charge is 0.479 e. The van der Waals surface area contributed by atoms with Gasteiger partial charge in [-0.25, -0.2) is 14.6 Å². The van der Waals surface area contributed by atoms with Crippen molar-refractivity contribution >= 4 is 40.0 Å². The molecule has 0 aliphatic carbocycles. The zero-order valence-corrected chi connectivity index (χ0v) is 27.4. The van der Waals surface area contributed by atoms with E-state index in [-0.39, 0.29) is 16.6 Å². The number of aliphatic hydroxyl groups is 2. The topological polar surface area (TPSA) is 242 Å². The lowest BCUT2D eigenvalue weighted by atomic mass is 9.73. The van der Waals surface area contributed by atoms with Crippen molar-refractivity contribution in [3.05, 3.63) is 113 Å². The van der Waals surface area contributed by atoms with E-state index in [1.54, 1.807) is 26.0 Å². The Morgan fingerprint density at radius 3 is 1.62 bits per heavy atom. The number of aliphatic carboxylic acids is 2.